The first-order chi connectivity index (χ1) is 39.0. The van der Waals surface area contributed by atoms with E-state index in [2.05, 4.69) is 40.9 Å². The van der Waals surface area contributed by atoms with Gasteiger partial charge in [-0.3, -0.25) is 13.7 Å². The van der Waals surface area contributed by atoms with Crippen LogP contribution in [-0.4, -0.2) is 111 Å². The molecule has 0 unspecified atom stereocenters. The average Bonchev–Trinajstić information content (AvgIpc) is 3.46. The maximum absolute atomic E-state index is 12.3. The minimum absolute atomic E-state index is 0.0706. The molecule has 0 amide bonds. The summed E-state index contributed by atoms with van der Waals surface area (Å²) in [7, 11) is -22.6. The highest BCUT2D eigenvalue weighted by Gasteiger charge is 2.19. The zero-order valence-electron chi connectivity index (χ0n) is 43.0. The molecule has 0 aliphatic carbocycles. The summed E-state index contributed by atoms with van der Waals surface area (Å²) in [5.74, 6) is 0.478. The second-order valence-electron chi connectivity index (χ2n) is 16.3. The second kappa shape index (κ2) is 31.4. The zero-order valence-corrected chi connectivity index (χ0v) is 47.9. The first-order valence-corrected chi connectivity index (χ1v) is 30.4. The molecule has 7 aromatic rings. The lowest BCUT2D eigenvalue weighted by Crippen LogP contribution is -2.31. The van der Waals surface area contributed by atoms with Gasteiger partial charge in [0.15, 0.2) is 0 Å². The molecule has 436 valence electrons. The molecule has 36 heteroatoms. The van der Waals surface area contributed by atoms with E-state index in [9.17, 15) is 34.4 Å². The van der Waals surface area contributed by atoms with Crippen LogP contribution in [0.15, 0.2) is 184 Å². The summed E-state index contributed by atoms with van der Waals surface area (Å²) in [6.45, 7) is 5.76. The van der Waals surface area contributed by atoms with Crippen LogP contribution in [-0.2, 0) is 75.0 Å². The highest BCUT2D eigenvalue weighted by molar-refractivity contribution is 7.86. The van der Waals surface area contributed by atoms with Crippen molar-refractivity contribution in [3.8, 4) is 0 Å². The van der Waals surface area contributed by atoms with E-state index in [0.717, 1.165) is 22.8 Å². The standard InChI is InChI=1S/C47H44N12O9S3.3O3S/c1-4-59(24-25-69(60,61)62)47-49-45(28-33-10-21-41(31(2)26-33)56-54-37-14-12-36(13-15-37)52-53-38-16-19-40(20-17-38)70(63,64)65)48-46(50-47)29-34-11-22-42(32(3)27-34)57-58-43-23-18-39(30-44(43)71(66,67)68)55-51-35-8-6-5-7-9-35;3*1-4(2)3/h5-23,26-27,30H,4,24-25,28-29H2,1-3H3,(H,60,61,62)(H,63,64,65)(H,66,67,68);;;. The molecule has 0 spiro atoms. The summed E-state index contributed by atoms with van der Waals surface area (Å²) in [6.07, 6.45) is 0.510. The number of benzene rings is 6. The Balaban J connectivity index is 0.00000112. The van der Waals surface area contributed by atoms with E-state index >= 15 is 0 Å². The fraction of sp³-hybridized carbons (Fsp3) is 0.170. The summed E-state index contributed by atoms with van der Waals surface area (Å²) in [4.78, 5) is 15.1. The minimum atomic E-state index is -4.72. The molecule has 0 fully saturated rings. The Hall–Kier alpha value is -8.88. The van der Waals surface area contributed by atoms with Gasteiger partial charge in [0, 0.05) is 25.9 Å². The Labute approximate surface area is 478 Å². The lowest BCUT2D eigenvalue weighted by molar-refractivity contribution is 0.480. The highest BCUT2D eigenvalue weighted by atomic mass is 32.2. The smallest absolute Gasteiger partial charge is 0.340 e. The van der Waals surface area contributed by atoms with Crippen LogP contribution in [0.1, 0.15) is 40.8 Å². The van der Waals surface area contributed by atoms with Gasteiger partial charge in [0.25, 0.3) is 30.4 Å². The van der Waals surface area contributed by atoms with E-state index in [-0.39, 0.29) is 41.6 Å². The average molecular weight is 1260 g/mol. The monoisotopic (exact) mass is 1260 g/mol. The summed E-state index contributed by atoms with van der Waals surface area (Å²) in [5.41, 5.74) is 6.25. The zero-order chi connectivity index (χ0) is 61.5. The van der Waals surface area contributed by atoms with Crippen molar-refractivity contribution in [1.82, 2.24) is 15.0 Å². The van der Waals surface area contributed by atoms with Crippen molar-refractivity contribution in [2.24, 2.45) is 40.9 Å². The van der Waals surface area contributed by atoms with Gasteiger partial charge < -0.3 is 4.90 Å². The fourth-order valence-corrected chi connectivity index (χ4v) is 8.27. The molecule has 30 nitrogen and oxygen atoms in total. The van der Waals surface area contributed by atoms with E-state index in [1.807, 2.05) is 44.2 Å². The Morgan fingerprint density at radius 3 is 1.23 bits per heavy atom. The molecule has 0 aliphatic rings. The summed E-state index contributed by atoms with van der Waals surface area (Å²) in [6, 6.07) is 35.9. The molecule has 0 bridgehead atoms. The van der Waals surface area contributed by atoms with Crippen LogP contribution in [0.2, 0.25) is 0 Å². The molecule has 0 radical (unpaired) electrons. The third-order valence-electron chi connectivity index (χ3n) is 10.3. The molecule has 83 heavy (non-hydrogen) atoms. The minimum Gasteiger partial charge on any atom is -0.340 e. The van der Waals surface area contributed by atoms with Crippen molar-refractivity contribution in [3.05, 3.63) is 167 Å². The van der Waals surface area contributed by atoms with E-state index in [1.54, 1.807) is 72.5 Å². The van der Waals surface area contributed by atoms with Gasteiger partial charge >= 0.3 is 31.8 Å². The molecule has 7 rings (SSSR count). The molecule has 6 aromatic carbocycles. The number of anilines is 1. The van der Waals surface area contributed by atoms with Crippen molar-refractivity contribution in [2.75, 3.05) is 23.7 Å². The highest BCUT2D eigenvalue weighted by Crippen LogP contribution is 2.33. The van der Waals surface area contributed by atoms with Crippen LogP contribution in [0.25, 0.3) is 0 Å². The largest absolute Gasteiger partial charge is 0.425 e. The predicted molar refractivity (Wildman–Crippen MR) is 293 cm³/mol. The Morgan fingerprint density at radius 2 is 0.819 bits per heavy atom. The number of rotatable bonds is 19. The van der Waals surface area contributed by atoms with Crippen LogP contribution in [0.4, 0.5) is 51.4 Å². The van der Waals surface area contributed by atoms with Crippen molar-refractivity contribution in [2.45, 2.75) is 43.4 Å². The van der Waals surface area contributed by atoms with Gasteiger partial charge in [-0.15, -0.1) is 43.0 Å². The van der Waals surface area contributed by atoms with Crippen molar-refractivity contribution in [1.29, 1.82) is 0 Å². The van der Waals surface area contributed by atoms with Crippen molar-refractivity contribution >= 4 is 114 Å². The van der Waals surface area contributed by atoms with E-state index in [0.29, 0.717) is 57.9 Å². The lowest BCUT2D eigenvalue weighted by Gasteiger charge is -2.21. The number of aromatic nitrogens is 3. The van der Waals surface area contributed by atoms with Crippen LogP contribution in [0.3, 0.4) is 0 Å². The first-order valence-electron chi connectivity index (χ1n) is 22.9. The maximum atomic E-state index is 12.3. The Kier molecular flexibility index (Phi) is 25.2. The van der Waals surface area contributed by atoms with Crippen LogP contribution in [0, 0.1) is 13.8 Å². The fourth-order valence-electron chi connectivity index (χ4n) is 6.69. The first kappa shape index (κ1) is 66.6. The molecule has 1 aromatic heterocycles. The van der Waals surface area contributed by atoms with Gasteiger partial charge in [-0.25, -0.2) is 4.98 Å². The van der Waals surface area contributed by atoms with Gasteiger partial charge in [-0.2, -0.15) is 71.0 Å². The van der Waals surface area contributed by atoms with Gasteiger partial charge in [-0.05, 0) is 134 Å². The molecule has 3 N–H and O–H groups in total. The van der Waals surface area contributed by atoms with Gasteiger partial charge in [0.1, 0.15) is 22.2 Å². The Morgan fingerprint density at radius 1 is 0.446 bits per heavy atom. The van der Waals surface area contributed by atoms with E-state index in [4.69, 9.17) is 57.4 Å². The van der Waals surface area contributed by atoms with Gasteiger partial charge in [0.2, 0.25) is 5.95 Å². The van der Waals surface area contributed by atoms with Crippen LogP contribution in [0.5, 0.6) is 0 Å². The summed E-state index contributed by atoms with van der Waals surface area (Å²) >= 11 is 0. The van der Waals surface area contributed by atoms with Crippen LogP contribution >= 0.6 is 0 Å². The topological polar surface area (TPSA) is 458 Å². The van der Waals surface area contributed by atoms with E-state index < -0.39 is 72.8 Å². The predicted octanol–water partition coefficient (Wildman–Crippen LogP) is 8.53. The number of nitrogens with zero attached hydrogens (tertiary/aromatic N) is 12. The molecule has 0 saturated heterocycles. The van der Waals surface area contributed by atoms with Crippen molar-refractivity contribution < 1.29 is 76.8 Å². The summed E-state index contributed by atoms with van der Waals surface area (Å²) in [5, 5.41) is 33.6. The van der Waals surface area contributed by atoms with E-state index in [1.165, 1.54) is 36.4 Å². The molecular weight excluding hydrogens is 1210 g/mol. The molecule has 1 heterocycles. The molecular formula is C47H44N12O18S6. The van der Waals surface area contributed by atoms with Crippen LogP contribution < -0.4 is 4.90 Å². The lowest BCUT2D eigenvalue weighted by atomic mass is 10.1. The second-order valence-corrected chi connectivity index (χ2v) is 21.9. The maximum Gasteiger partial charge on any atom is 0.425 e. The number of azo groups is 4. The van der Waals surface area contributed by atoms with Crippen molar-refractivity contribution in [3.63, 3.8) is 0 Å². The quantitative estimate of drug-likeness (QED) is 0.0504. The number of hydrogen-bond donors (Lipinski definition) is 3. The SMILES string of the molecule is CCN(CCS(=O)(=O)O)c1nc(Cc2ccc(N=Nc3ccc(N=Nc4ccc(S(=O)(=O)O)cc4)cc3)c(C)c2)nc(Cc2ccc(N=Nc3ccc(N=Nc4ccccc4)cc3S(=O)(=O)O)c(C)c2)n1.O=S(=O)=O.O=S(=O)=O.O=S(=O)=O. The number of aryl methyl sites for hydroxylation is 2. The Bertz CT molecular complexity index is 4200. The third kappa shape index (κ3) is 24.8. The third-order valence-corrected chi connectivity index (χ3v) is 12.8. The molecule has 0 saturated carbocycles. The number of hydrogen-bond acceptors (Lipinski definition) is 27. The molecule has 0 aliphatic heterocycles. The van der Waals surface area contributed by atoms with Gasteiger partial charge in [0.05, 0.1) is 50.5 Å². The summed E-state index contributed by atoms with van der Waals surface area (Å²) < 4.78 is 175. The molecule has 0 atom stereocenters. The normalized spacial score (nSPS) is 11.5. The van der Waals surface area contributed by atoms with Gasteiger partial charge in [-0.1, -0.05) is 42.5 Å².